The Morgan fingerprint density at radius 2 is 0.676 bits per heavy atom. The zero-order valence-electron chi connectivity index (χ0n) is 22.1. The summed E-state index contributed by atoms with van der Waals surface area (Å²) in [4.78, 5) is 0. The summed E-state index contributed by atoms with van der Waals surface area (Å²) < 4.78 is 20.7. The van der Waals surface area contributed by atoms with E-state index in [1.54, 1.807) is 28.4 Å². The molecule has 0 N–H and O–H groups in total. The normalized spacial score (nSPS) is 10.3. The van der Waals surface area contributed by atoms with E-state index in [-0.39, 0.29) is 12.8 Å². The number of methoxy groups -OCH3 is 4. The van der Waals surface area contributed by atoms with Crippen LogP contribution in [-0.4, -0.2) is 28.4 Å². The highest BCUT2D eigenvalue weighted by atomic mass is 16.5. The van der Waals surface area contributed by atoms with E-state index in [1.807, 2.05) is 48.5 Å². The van der Waals surface area contributed by atoms with Gasteiger partial charge in [-0.25, -0.2) is 0 Å². The van der Waals surface area contributed by atoms with Crippen LogP contribution in [0, 0.1) is 0 Å². The van der Waals surface area contributed by atoms with Crippen molar-refractivity contribution in [2.24, 2.45) is 0 Å². The highest BCUT2D eigenvalue weighted by Crippen LogP contribution is 2.33. The SMILES string of the molecule is C.COc1ccc(C(C)(C)c2ccc(OC)cc2)cc1.COc1ccc(Cc2ccc(OC)cc2)cc1. The van der Waals surface area contributed by atoms with Crippen molar-refractivity contribution < 1.29 is 18.9 Å². The molecule has 0 aromatic heterocycles. The van der Waals surface area contributed by atoms with E-state index in [0.717, 1.165) is 29.4 Å². The Kier molecular flexibility index (Phi) is 11.1. The summed E-state index contributed by atoms with van der Waals surface area (Å²) in [6.45, 7) is 4.44. The number of benzene rings is 4. The Balaban J connectivity index is 0.000000255. The van der Waals surface area contributed by atoms with Gasteiger partial charge >= 0.3 is 0 Å². The van der Waals surface area contributed by atoms with Crippen LogP contribution in [-0.2, 0) is 11.8 Å². The molecule has 0 bridgehead atoms. The molecule has 0 aliphatic carbocycles. The molecule has 0 spiro atoms. The van der Waals surface area contributed by atoms with E-state index in [0.29, 0.717) is 0 Å². The number of ether oxygens (including phenoxy) is 4. The Bertz CT molecular complexity index is 1080. The third-order valence-corrected chi connectivity index (χ3v) is 6.35. The maximum absolute atomic E-state index is 5.20. The quantitative estimate of drug-likeness (QED) is 0.246. The van der Waals surface area contributed by atoms with Gasteiger partial charge in [-0.3, -0.25) is 0 Å². The minimum atomic E-state index is -0.0431. The second kappa shape index (κ2) is 14.0. The smallest absolute Gasteiger partial charge is 0.118 e. The fourth-order valence-electron chi connectivity index (χ4n) is 3.90. The molecule has 0 atom stereocenters. The maximum Gasteiger partial charge on any atom is 0.118 e. The molecule has 4 nitrogen and oxygen atoms in total. The Morgan fingerprint density at radius 1 is 0.432 bits per heavy atom. The first-order chi connectivity index (χ1) is 17.4. The molecule has 0 aliphatic heterocycles. The Morgan fingerprint density at radius 3 is 0.919 bits per heavy atom. The lowest BCUT2D eigenvalue weighted by Gasteiger charge is -2.26. The van der Waals surface area contributed by atoms with Gasteiger partial charge in [-0.05, 0) is 77.2 Å². The second-order valence-corrected chi connectivity index (χ2v) is 8.95. The first-order valence-electron chi connectivity index (χ1n) is 11.9. The van der Waals surface area contributed by atoms with Crippen LogP contribution in [0.15, 0.2) is 97.1 Å². The van der Waals surface area contributed by atoms with Crippen molar-refractivity contribution in [1.82, 2.24) is 0 Å². The van der Waals surface area contributed by atoms with Gasteiger partial charge in [0.05, 0.1) is 28.4 Å². The molecular formula is C33H40O4. The molecule has 0 heterocycles. The van der Waals surface area contributed by atoms with Gasteiger partial charge in [0.25, 0.3) is 0 Å². The zero-order valence-corrected chi connectivity index (χ0v) is 22.1. The third-order valence-electron chi connectivity index (χ3n) is 6.35. The van der Waals surface area contributed by atoms with Crippen molar-refractivity contribution in [3.63, 3.8) is 0 Å². The molecule has 0 amide bonds. The summed E-state index contributed by atoms with van der Waals surface area (Å²) in [5, 5.41) is 0. The van der Waals surface area contributed by atoms with Crippen molar-refractivity contribution in [3.8, 4) is 23.0 Å². The summed E-state index contributed by atoms with van der Waals surface area (Å²) in [5.41, 5.74) is 5.03. The lowest BCUT2D eigenvalue weighted by Crippen LogP contribution is -2.18. The highest BCUT2D eigenvalue weighted by Gasteiger charge is 2.23. The van der Waals surface area contributed by atoms with Crippen LogP contribution in [0.1, 0.15) is 43.5 Å². The predicted molar refractivity (Wildman–Crippen MR) is 154 cm³/mol. The topological polar surface area (TPSA) is 36.9 Å². The summed E-state index contributed by atoms with van der Waals surface area (Å²) in [6, 6.07) is 32.7. The molecule has 0 aliphatic rings. The molecule has 0 fully saturated rings. The average Bonchev–Trinajstić information content (AvgIpc) is 2.94. The van der Waals surface area contributed by atoms with Crippen LogP contribution in [0.2, 0.25) is 0 Å². The summed E-state index contributed by atoms with van der Waals surface area (Å²) in [5.74, 6) is 3.55. The number of rotatable bonds is 8. The van der Waals surface area contributed by atoms with Crippen molar-refractivity contribution >= 4 is 0 Å². The van der Waals surface area contributed by atoms with Crippen LogP contribution >= 0.6 is 0 Å². The molecule has 4 aromatic carbocycles. The van der Waals surface area contributed by atoms with Crippen molar-refractivity contribution in [3.05, 3.63) is 119 Å². The van der Waals surface area contributed by atoms with E-state index in [1.165, 1.54) is 22.3 Å². The van der Waals surface area contributed by atoms with Gasteiger partial charge in [-0.2, -0.15) is 0 Å². The van der Waals surface area contributed by atoms with E-state index >= 15 is 0 Å². The van der Waals surface area contributed by atoms with E-state index in [9.17, 15) is 0 Å². The standard InChI is InChI=1S/C17H20O2.C15H16O2.CH4/c1-17(2,13-5-9-15(18-3)10-6-13)14-7-11-16(19-4)12-8-14;1-16-14-7-3-12(4-8-14)11-13-5-9-15(17-2)10-6-13;/h5-12H,1-4H3;3-10H,11H2,1-2H3;1H4. The Labute approximate surface area is 222 Å². The molecule has 4 rings (SSSR count). The zero-order chi connectivity index (χ0) is 26.0. The van der Waals surface area contributed by atoms with Gasteiger partial charge in [0.2, 0.25) is 0 Å². The van der Waals surface area contributed by atoms with Gasteiger partial charge in [0, 0.05) is 5.41 Å². The van der Waals surface area contributed by atoms with E-state index in [4.69, 9.17) is 18.9 Å². The summed E-state index contributed by atoms with van der Waals surface area (Å²) >= 11 is 0. The molecule has 0 unspecified atom stereocenters. The second-order valence-electron chi connectivity index (χ2n) is 8.95. The molecule has 196 valence electrons. The minimum Gasteiger partial charge on any atom is -0.497 e. The van der Waals surface area contributed by atoms with Crippen LogP contribution < -0.4 is 18.9 Å². The van der Waals surface area contributed by atoms with Gasteiger partial charge in [-0.1, -0.05) is 69.8 Å². The van der Waals surface area contributed by atoms with Crippen LogP contribution in [0.5, 0.6) is 23.0 Å². The van der Waals surface area contributed by atoms with Gasteiger partial charge in [-0.15, -0.1) is 0 Å². The molecule has 0 radical (unpaired) electrons. The lowest BCUT2D eigenvalue weighted by molar-refractivity contribution is 0.414. The van der Waals surface area contributed by atoms with Gasteiger partial charge < -0.3 is 18.9 Å². The molecule has 0 saturated carbocycles. The van der Waals surface area contributed by atoms with E-state index in [2.05, 4.69) is 62.4 Å². The Hall–Kier alpha value is -3.92. The molecule has 0 saturated heterocycles. The molecule has 4 heteroatoms. The lowest BCUT2D eigenvalue weighted by atomic mass is 9.78. The monoisotopic (exact) mass is 500 g/mol. The predicted octanol–water partition coefficient (Wildman–Crippen LogP) is 7.96. The first-order valence-corrected chi connectivity index (χ1v) is 11.9. The number of hydrogen-bond donors (Lipinski definition) is 0. The van der Waals surface area contributed by atoms with Crippen molar-refractivity contribution in [1.29, 1.82) is 0 Å². The summed E-state index contributed by atoms with van der Waals surface area (Å²) in [7, 11) is 6.73. The molecular weight excluding hydrogens is 460 g/mol. The van der Waals surface area contributed by atoms with Gasteiger partial charge in [0.1, 0.15) is 23.0 Å². The van der Waals surface area contributed by atoms with Crippen molar-refractivity contribution in [2.75, 3.05) is 28.4 Å². The van der Waals surface area contributed by atoms with E-state index < -0.39 is 0 Å². The fourth-order valence-corrected chi connectivity index (χ4v) is 3.90. The van der Waals surface area contributed by atoms with Crippen LogP contribution in [0.4, 0.5) is 0 Å². The van der Waals surface area contributed by atoms with Crippen molar-refractivity contribution in [2.45, 2.75) is 33.1 Å². The molecule has 37 heavy (non-hydrogen) atoms. The maximum atomic E-state index is 5.20. The van der Waals surface area contributed by atoms with Gasteiger partial charge in [0.15, 0.2) is 0 Å². The largest absolute Gasteiger partial charge is 0.497 e. The average molecular weight is 501 g/mol. The molecule has 4 aromatic rings. The van der Waals surface area contributed by atoms with Crippen LogP contribution in [0.25, 0.3) is 0 Å². The summed E-state index contributed by atoms with van der Waals surface area (Å²) in [6.07, 6.45) is 0.925. The van der Waals surface area contributed by atoms with Crippen LogP contribution in [0.3, 0.4) is 0 Å². The third kappa shape index (κ3) is 8.04. The highest BCUT2D eigenvalue weighted by molar-refractivity contribution is 5.42. The fraction of sp³-hybridized carbons (Fsp3) is 0.273. The minimum absolute atomic E-state index is 0. The number of hydrogen-bond acceptors (Lipinski definition) is 4. The first kappa shape index (κ1) is 29.3.